The number of anilines is 1. The Kier molecular flexibility index (Phi) is 6.21. The number of hydrogen-bond acceptors (Lipinski definition) is 5. The Bertz CT molecular complexity index is 1050. The van der Waals surface area contributed by atoms with E-state index in [0.29, 0.717) is 28.3 Å². The van der Waals surface area contributed by atoms with Crippen LogP contribution < -0.4 is 14.8 Å². The quantitative estimate of drug-likeness (QED) is 0.678. The Labute approximate surface area is 179 Å². The van der Waals surface area contributed by atoms with Crippen LogP contribution in [-0.2, 0) is 16.4 Å². The van der Waals surface area contributed by atoms with E-state index in [0.717, 1.165) is 16.3 Å². The first-order valence-corrected chi connectivity index (χ1v) is 11.4. The van der Waals surface area contributed by atoms with Crippen LogP contribution in [0.1, 0.15) is 29.8 Å². The predicted molar refractivity (Wildman–Crippen MR) is 114 cm³/mol. The third-order valence-electron chi connectivity index (χ3n) is 4.50. The summed E-state index contributed by atoms with van der Waals surface area (Å²) in [4.78, 5) is 12.9. The Balaban J connectivity index is 1.94. The van der Waals surface area contributed by atoms with Crippen molar-refractivity contribution in [3.05, 3.63) is 45.9 Å². The number of nitrogens with zero attached hydrogens (tertiary/aromatic N) is 1. The number of nitrogens with one attached hydrogen (secondary N) is 1. The summed E-state index contributed by atoms with van der Waals surface area (Å²) in [6, 6.07) is 8.07. The van der Waals surface area contributed by atoms with E-state index in [2.05, 4.69) is 21.2 Å². The molecule has 156 valence electrons. The number of ether oxygens (including phenoxy) is 2. The summed E-state index contributed by atoms with van der Waals surface area (Å²) < 4.78 is 38.0. The van der Waals surface area contributed by atoms with Gasteiger partial charge in [-0.3, -0.25) is 4.79 Å². The molecule has 1 aliphatic heterocycles. The van der Waals surface area contributed by atoms with Crippen LogP contribution in [0.4, 0.5) is 5.69 Å². The highest BCUT2D eigenvalue weighted by Gasteiger charge is 2.25. The van der Waals surface area contributed by atoms with Gasteiger partial charge >= 0.3 is 0 Å². The predicted octanol–water partition coefficient (Wildman–Crippen LogP) is 3.67. The highest BCUT2D eigenvalue weighted by atomic mass is 79.9. The van der Waals surface area contributed by atoms with Crippen LogP contribution in [0.25, 0.3) is 0 Å². The van der Waals surface area contributed by atoms with Crippen LogP contribution in [-0.4, -0.2) is 45.4 Å². The molecule has 0 unspecified atom stereocenters. The Morgan fingerprint density at radius 2 is 2.03 bits per heavy atom. The summed E-state index contributed by atoms with van der Waals surface area (Å²) in [6.45, 7) is 4.29. The molecule has 1 N–H and O–H groups in total. The van der Waals surface area contributed by atoms with E-state index in [1.54, 1.807) is 18.2 Å². The maximum absolute atomic E-state index is 12.9. The van der Waals surface area contributed by atoms with Gasteiger partial charge in [0.25, 0.3) is 5.91 Å². The first-order valence-electron chi connectivity index (χ1n) is 9.13. The topological polar surface area (TPSA) is 84.9 Å². The van der Waals surface area contributed by atoms with Gasteiger partial charge in [0.1, 0.15) is 17.6 Å². The van der Waals surface area contributed by atoms with Crippen LogP contribution in [0.2, 0.25) is 0 Å². The number of rotatable bonds is 6. The second kappa shape index (κ2) is 8.33. The van der Waals surface area contributed by atoms with Crippen LogP contribution in [0.15, 0.2) is 39.7 Å². The molecule has 1 aliphatic rings. The molecule has 0 aliphatic carbocycles. The molecule has 0 aromatic heterocycles. The molecular formula is C20H23BrN2O5S. The normalized spacial score (nSPS) is 15.7. The number of hydrogen-bond donors (Lipinski definition) is 1. The molecule has 9 heteroatoms. The first kappa shape index (κ1) is 21.6. The Hall–Kier alpha value is -2.10. The number of fused-ring (bicyclic) bond motifs is 1. The molecule has 0 fully saturated rings. The minimum Gasteiger partial charge on any atom is -0.492 e. The molecule has 0 radical (unpaired) electrons. The van der Waals surface area contributed by atoms with Gasteiger partial charge in [-0.25, -0.2) is 12.7 Å². The highest BCUT2D eigenvalue weighted by Crippen LogP contribution is 2.38. The fourth-order valence-corrected chi connectivity index (χ4v) is 4.89. The Morgan fingerprint density at radius 3 is 2.69 bits per heavy atom. The van der Waals surface area contributed by atoms with Gasteiger partial charge in [0.15, 0.2) is 0 Å². The average Bonchev–Trinajstić information content (AvgIpc) is 3.01. The minimum absolute atomic E-state index is 0.0197. The summed E-state index contributed by atoms with van der Waals surface area (Å²) in [5.41, 5.74) is 1.72. The van der Waals surface area contributed by atoms with Gasteiger partial charge in [-0.15, -0.1) is 0 Å². The highest BCUT2D eigenvalue weighted by molar-refractivity contribution is 9.10. The van der Waals surface area contributed by atoms with Gasteiger partial charge in [-0.2, -0.15) is 0 Å². The van der Waals surface area contributed by atoms with Crippen LogP contribution >= 0.6 is 15.9 Å². The lowest BCUT2D eigenvalue weighted by atomic mass is 10.1. The molecule has 7 nitrogen and oxygen atoms in total. The van der Waals surface area contributed by atoms with Gasteiger partial charge in [-0.1, -0.05) is 0 Å². The largest absolute Gasteiger partial charge is 0.492 e. The van der Waals surface area contributed by atoms with Crippen molar-refractivity contribution in [2.45, 2.75) is 31.3 Å². The van der Waals surface area contributed by atoms with Crippen molar-refractivity contribution >= 4 is 37.5 Å². The SMILES string of the molecule is CCOc1cc2c(cc1NC(=O)c1ccc(Br)c(S(=O)(=O)N(C)C)c1)O[C@@H](C)C2. The molecule has 2 aromatic carbocycles. The number of carbonyl (C=O) groups excluding carboxylic acids is 1. The maximum atomic E-state index is 12.9. The zero-order chi connectivity index (χ0) is 21.3. The van der Waals surface area contributed by atoms with Crippen molar-refractivity contribution in [3.8, 4) is 11.5 Å². The van der Waals surface area contributed by atoms with Crippen molar-refractivity contribution in [1.82, 2.24) is 4.31 Å². The molecule has 0 bridgehead atoms. The standard InChI is InChI=1S/C20H23BrN2O5S/c1-5-27-18-9-14-8-12(2)28-17(14)11-16(18)22-20(24)13-6-7-15(21)19(10-13)29(25,26)23(3)4/h6-7,9-12H,5,8H2,1-4H3,(H,22,24)/t12-/m0/s1. The smallest absolute Gasteiger partial charge is 0.255 e. The fourth-order valence-electron chi connectivity index (χ4n) is 3.05. The summed E-state index contributed by atoms with van der Waals surface area (Å²) in [5, 5.41) is 2.82. The lowest BCUT2D eigenvalue weighted by Gasteiger charge is -2.15. The van der Waals surface area contributed by atoms with E-state index in [-0.39, 0.29) is 16.6 Å². The minimum atomic E-state index is -3.71. The number of benzene rings is 2. The van der Waals surface area contributed by atoms with Crippen molar-refractivity contribution in [2.24, 2.45) is 0 Å². The van der Waals surface area contributed by atoms with Gasteiger partial charge in [0.2, 0.25) is 10.0 Å². The molecule has 0 saturated heterocycles. The Morgan fingerprint density at radius 1 is 1.31 bits per heavy atom. The van der Waals surface area contributed by atoms with E-state index in [9.17, 15) is 13.2 Å². The van der Waals surface area contributed by atoms with E-state index >= 15 is 0 Å². The summed E-state index contributed by atoms with van der Waals surface area (Å²) in [5.74, 6) is 0.818. The third kappa shape index (κ3) is 4.41. The molecular weight excluding hydrogens is 460 g/mol. The molecule has 1 amide bonds. The number of halogens is 1. The summed E-state index contributed by atoms with van der Waals surface area (Å²) in [6.07, 6.45) is 0.845. The van der Waals surface area contributed by atoms with Gasteiger partial charge < -0.3 is 14.8 Å². The molecule has 1 heterocycles. The summed E-state index contributed by atoms with van der Waals surface area (Å²) in [7, 11) is -0.828. The maximum Gasteiger partial charge on any atom is 0.255 e. The van der Waals surface area contributed by atoms with Gasteiger partial charge in [-0.05, 0) is 54.0 Å². The van der Waals surface area contributed by atoms with Gasteiger partial charge in [0, 0.05) is 42.2 Å². The second-order valence-corrected chi connectivity index (χ2v) is 9.88. The van der Waals surface area contributed by atoms with Gasteiger partial charge in [0.05, 0.1) is 17.2 Å². The third-order valence-corrected chi connectivity index (χ3v) is 7.31. The van der Waals surface area contributed by atoms with E-state index in [4.69, 9.17) is 9.47 Å². The van der Waals surface area contributed by atoms with Crippen molar-refractivity contribution in [2.75, 3.05) is 26.0 Å². The zero-order valence-electron chi connectivity index (χ0n) is 16.7. The van der Waals surface area contributed by atoms with E-state index < -0.39 is 15.9 Å². The lowest BCUT2D eigenvalue weighted by molar-refractivity contribution is 0.102. The molecule has 1 atom stereocenters. The van der Waals surface area contributed by atoms with Crippen molar-refractivity contribution < 1.29 is 22.7 Å². The molecule has 0 spiro atoms. The number of amides is 1. The molecule has 0 saturated carbocycles. The lowest BCUT2D eigenvalue weighted by Crippen LogP contribution is -2.23. The fraction of sp³-hybridized carbons (Fsp3) is 0.350. The summed E-state index contributed by atoms with van der Waals surface area (Å²) >= 11 is 3.25. The average molecular weight is 483 g/mol. The van der Waals surface area contributed by atoms with Crippen molar-refractivity contribution in [1.29, 1.82) is 0 Å². The van der Waals surface area contributed by atoms with Crippen LogP contribution in [0, 0.1) is 0 Å². The first-order chi connectivity index (χ1) is 13.6. The van der Waals surface area contributed by atoms with Crippen LogP contribution in [0.5, 0.6) is 11.5 Å². The zero-order valence-corrected chi connectivity index (χ0v) is 19.1. The van der Waals surface area contributed by atoms with Crippen LogP contribution in [0.3, 0.4) is 0 Å². The number of carbonyl (C=O) groups is 1. The molecule has 29 heavy (non-hydrogen) atoms. The molecule has 2 aromatic rings. The number of sulfonamides is 1. The van der Waals surface area contributed by atoms with E-state index in [1.165, 1.54) is 20.2 Å². The monoisotopic (exact) mass is 482 g/mol. The molecule has 3 rings (SSSR count). The second-order valence-electron chi connectivity index (χ2n) is 6.91. The van der Waals surface area contributed by atoms with Crippen molar-refractivity contribution in [3.63, 3.8) is 0 Å². The van der Waals surface area contributed by atoms with E-state index in [1.807, 2.05) is 19.9 Å².